The fourth-order valence-electron chi connectivity index (χ4n) is 1.37. The van der Waals surface area contributed by atoms with Gasteiger partial charge in [-0.2, -0.15) is 11.8 Å². The number of amides is 1. The van der Waals surface area contributed by atoms with Crippen molar-refractivity contribution in [2.45, 2.75) is 6.42 Å². The minimum absolute atomic E-state index is 0.105. The van der Waals surface area contributed by atoms with Gasteiger partial charge in [-0.15, -0.1) is 12.8 Å². The zero-order chi connectivity index (χ0) is 26.8. The zero-order valence-electron chi connectivity index (χ0n) is 19.6. The molecule has 0 rings (SSSR count). The van der Waals surface area contributed by atoms with Crippen LogP contribution in [0.4, 0.5) is 0 Å². The number of nitrogens with two attached hydrogens (primary N) is 1. The Morgan fingerprint density at radius 2 is 1.11 bits per heavy atom. The number of carbonyl (C=O) groups excluding carboxylic acids is 1. The number of terminal acetylenes is 2. The van der Waals surface area contributed by atoms with Gasteiger partial charge in [0.2, 0.25) is 5.91 Å². The molecule has 0 fully saturated rings. The summed E-state index contributed by atoms with van der Waals surface area (Å²) in [6, 6.07) is 0. The van der Waals surface area contributed by atoms with E-state index in [0.717, 1.165) is 18.8 Å². The molecule has 0 spiro atoms. The molecular weight excluding hydrogens is 468 g/mol. The van der Waals surface area contributed by atoms with E-state index >= 15 is 0 Å². The molecule has 3 N–H and O–H groups in total. The minimum Gasteiger partial charge on any atom is -0.380 e. The zero-order valence-corrected chi connectivity index (χ0v) is 20.4. The molecule has 0 bridgehead atoms. The quantitative estimate of drug-likeness (QED) is 0.273. The molecule has 0 aromatic heterocycles. The predicted octanol–water partition coefficient (Wildman–Crippen LogP) is 0.0460. The van der Waals surface area contributed by atoms with Gasteiger partial charge in [0.05, 0.1) is 6.61 Å². The Labute approximate surface area is 219 Å². The topological polar surface area (TPSA) is 73.6 Å². The maximum absolute atomic E-state index is 10.8. The summed E-state index contributed by atoms with van der Waals surface area (Å²) >= 11 is 1.80. The van der Waals surface area contributed by atoms with Crippen LogP contribution in [0, 0.1) is 131 Å². The van der Waals surface area contributed by atoms with Crippen LogP contribution >= 0.6 is 11.8 Å². The van der Waals surface area contributed by atoms with Crippen molar-refractivity contribution in [1.29, 1.82) is 0 Å². The van der Waals surface area contributed by atoms with Gasteiger partial charge in [-0.25, -0.2) is 5.90 Å². The average Bonchev–Trinajstić information content (AvgIpc) is 2.88. The Bertz CT molecular complexity index is 1270. The SMILES string of the molecule is C#CC#CC#CC#CC#CC#CC#CC#CC#CC#CC#C.CSCCCOCCNC(=O)CON. The average molecular weight is 489 g/mol. The maximum atomic E-state index is 10.8. The number of ether oxygens (including phenoxy) is 1. The van der Waals surface area contributed by atoms with E-state index in [2.05, 4.69) is 135 Å². The fraction of sp³-hybridized carbons (Fsp3) is 0.233. The summed E-state index contributed by atoms with van der Waals surface area (Å²) in [7, 11) is 0. The van der Waals surface area contributed by atoms with E-state index in [4.69, 9.17) is 23.5 Å². The van der Waals surface area contributed by atoms with Gasteiger partial charge in [0.15, 0.2) is 0 Å². The van der Waals surface area contributed by atoms with E-state index in [1.54, 1.807) is 11.8 Å². The van der Waals surface area contributed by atoms with Crippen LogP contribution in [0.25, 0.3) is 0 Å². The summed E-state index contributed by atoms with van der Waals surface area (Å²) < 4.78 is 5.26. The molecule has 6 heteroatoms. The molecule has 0 saturated carbocycles. The summed E-state index contributed by atoms with van der Waals surface area (Å²) in [5.74, 6) is 53.8. The third-order valence-corrected chi connectivity index (χ3v) is 3.32. The Balaban J connectivity index is 0. The lowest BCUT2D eigenvalue weighted by atomic mass is 10.4. The highest BCUT2D eigenvalue weighted by Gasteiger charge is 1.98. The first kappa shape index (κ1) is 33.0. The van der Waals surface area contributed by atoms with Gasteiger partial charge in [0.25, 0.3) is 0 Å². The molecule has 0 aromatic rings. The molecule has 0 saturated heterocycles. The third kappa shape index (κ3) is 33.5. The van der Waals surface area contributed by atoms with Gasteiger partial charge in [-0.3, -0.25) is 9.63 Å². The van der Waals surface area contributed by atoms with Crippen LogP contribution in [0.5, 0.6) is 0 Å². The molecular formula is C30H20N2O3S. The van der Waals surface area contributed by atoms with Gasteiger partial charge < -0.3 is 10.1 Å². The standard InChI is InChI=1S/C22H2.C8H18N2O3S/c1-3-5-7-9-11-13-15-17-19-21-22-20-18-16-14-12-10-8-6-4-2;1-14-6-2-4-12-5-3-10-8(11)7-13-9/h1-2H;2-7,9H2,1H3,(H,10,11). The molecule has 0 aromatic carbocycles. The van der Waals surface area contributed by atoms with Gasteiger partial charge in [-0.1, -0.05) is 0 Å². The molecule has 0 unspecified atom stereocenters. The highest BCUT2D eigenvalue weighted by molar-refractivity contribution is 7.98. The van der Waals surface area contributed by atoms with Crippen molar-refractivity contribution in [3.63, 3.8) is 0 Å². The molecule has 0 radical (unpaired) electrons. The highest BCUT2D eigenvalue weighted by Crippen LogP contribution is 1.94. The van der Waals surface area contributed by atoms with Crippen LogP contribution in [-0.4, -0.2) is 44.3 Å². The molecule has 0 aliphatic rings. The summed E-state index contributed by atoms with van der Waals surface area (Å²) in [4.78, 5) is 15.0. The second kappa shape index (κ2) is 32.0. The van der Waals surface area contributed by atoms with E-state index in [9.17, 15) is 4.79 Å². The Kier molecular flexibility index (Phi) is 29.4. The smallest absolute Gasteiger partial charge is 0.248 e. The summed E-state index contributed by atoms with van der Waals surface area (Å²) in [5.41, 5.74) is 0. The number of hydrogen-bond acceptors (Lipinski definition) is 5. The Hall–Kier alpha value is -5.14. The van der Waals surface area contributed by atoms with Crippen LogP contribution in [0.3, 0.4) is 0 Å². The fourth-order valence-corrected chi connectivity index (χ4v) is 1.78. The number of carbonyl (C=O) groups is 1. The minimum atomic E-state index is -0.222. The van der Waals surface area contributed by atoms with E-state index in [1.165, 1.54) is 0 Å². The summed E-state index contributed by atoms with van der Waals surface area (Å²) in [6.07, 6.45) is 12.9. The van der Waals surface area contributed by atoms with Crippen molar-refractivity contribution in [3.8, 4) is 131 Å². The molecule has 36 heavy (non-hydrogen) atoms. The van der Waals surface area contributed by atoms with Crippen LogP contribution < -0.4 is 11.2 Å². The van der Waals surface area contributed by atoms with Crippen LogP contribution in [0.1, 0.15) is 6.42 Å². The number of rotatable bonds is 9. The normalized spacial score (nSPS) is 6.22. The van der Waals surface area contributed by atoms with E-state index in [1.807, 2.05) is 0 Å². The molecule has 174 valence electrons. The predicted molar refractivity (Wildman–Crippen MR) is 145 cm³/mol. The first-order valence-corrected chi connectivity index (χ1v) is 11.2. The first-order chi connectivity index (χ1) is 17.7. The summed E-state index contributed by atoms with van der Waals surface area (Å²) in [6.45, 7) is 1.67. The Morgan fingerprint density at radius 3 is 1.44 bits per heavy atom. The molecule has 5 nitrogen and oxygen atoms in total. The van der Waals surface area contributed by atoms with E-state index in [0.29, 0.717) is 13.2 Å². The van der Waals surface area contributed by atoms with Crippen LogP contribution in [0.2, 0.25) is 0 Å². The second-order valence-corrected chi connectivity index (χ2v) is 6.14. The van der Waals surface area contributed by atoms with Gasteiger partial charge >= 0.3 is 0 Å². The van der Waals surface area contributed by atoms with Gasteiger partial charge in [-0.05, 0) is 113 Å². The summed E-state index contributed by atoms with van der Waals surface area (Å²) in [5, 5.41) is 2.60. The van der Waals surface area contributed by atoms with Crippen molar-refractivity contribution in [1.82, 2.24) is 5.32 Å². The van der Waals surface area contributed by atoms with E-state index in [-0.39, 0.29) is 12.5 Å². The highest BCUT2D eigenvalue weighted by atomic mass is 32.2. The van der Waals surface area contributed by atoms with Crippen molar-refractivity contribution in [2.75, 3.05) is 38.4 Å². The molecule has 0 atom stereocenters. The molecule has 1 amide bonds. The lowest BCUT2D eigenvalue weighted by molar-refractivity contribution is -0.126. The number of thioether (sulfide) groups is 1. The monoisotopic (exact) mass is 488 g/mol. The first-order valence-electron chi connectivity index (χ1n) is 9.79. The van der Waals surface area contributed by atoms with Crippen molar-refractivity contribution < 1.29 is 14.4 Å². The maximum Gasteiger partial charge on any atom is 0.248 e. The lowest BCUT2D eigenvalue weighted by Gasteiger charge is -2.05. The van der Waals surface area contributed by atoms with Gasteiger partial charge in [0.1, 0.15) is 6.61 Å². The second-order valence-electron chi connectivity index (χ2n) is 5.16. The molecule has 0 aliphatic heterocycles. The molecule has 0 aliphatic carbocycles. The van der Waals surface area contributed by atoms with E-state index < -0.39 is 0 Å². The number of nitrogens with one attached hydrogen (secondary N) is 1. The Morgan fingerprint density at radius 1 is 0.722 bits per heavy atom. The van der Waals surface area contributed by atoms with Crippen molar-refractivity contribution in [3.05, 3.63) is 0 Å². The van der Waals surface area contributed by atoms with Crippen molar-refractivity contribution >= 4 is 17.7 Å². The number of hydrogen-bond donors (Lipinski definition) is 2. The largest absolute Gasteiger partial charge is 0.380 e. The lowest BCUT2D eigenvalue weighted by Crippen LogP contribution is -2.31. The van der Waals surface area contributed by atoms with Crippen LogP contribution in [0.15, 0.2) is 0 Å². The van der Waals surface area contributed by atoms with Crippen molar-refractivity contribution in [2.24, 2.45) is 5.90 Å². The third-order valence-electron chi connectivity index (χ3n) is 2.63. The van der Waals surface area contributed by atoms with Crippen LogP contribution in [-0.2, 0) is 14.4 Å². The molecule has 0 heterocycles. The van der Waals surface area contributed by atoms with Gasteiger partial charge in [0, 0.05) is 36.8 Å².